The molecule has 1 aliphatic carbocycles. The standard InChI is InChI=1S/C16H11BrCl2N2/c17-14-6-13(3-4-15(14)19)21-16(9-20)7-10-1-2-12(18)5-11(10)8-16/h1-6,21H,7-8H2. The highest BCUT2D eigenvalue weighted by molar-refractivity contribution is 9.10. The number of anilines is 1. The Bertz CT molecular complexity index is 754. The van der Waals surface area contributed by atoms with Crippen LogP contribution in [0.15, 0.2) is 40.9 Å². The van der Waals surface area contributed by atoms with E-state index in [2.05, 4.69) is 27.3 Å². The number of fused-ring (bicyclic) bond motifs is 1. The molecule has 0 amide bonds. The van der Waals surface area contributed by atoms with Gasteiger partial charge in [-0.3, -0.25) is 0 Å². The predicted octanol–water partition coefficient (Wildman–Crippen LogP) is 5.23. The molecule has 1 N–H and O–H groups in total. The Morgan fingerprint density at radius 2 is 1.86 bits per heavy atom. The monoisotopic (exact) mass is 380 g/mol. The molecule has 0 spiro atoms. The van der Waals surface area contributed by atoms with Crippen LogP contribution in [0.2, 0.25) is 10.0 Å². The maximum Gasteiger partial charge on any atom is 0.133 e. The van der Waals surface area contributed by atoms with Gasteiger partial charge in [0, 0.05) is 28.0 Å². The first-order valence-corrected chi connectivity index (χ1v) is 7.98. The molecule has 0 heterocycles. The maximum absolute atomic E-state index is 9.66. The van der Waals surface area contributed by atoms with Gasteiger partial charge in [0.15, 0.2) is 0 Å². The summed E-state index contributed by atoms with van der Waals surface area (Å²) in [7, 11) is 0. The molecular formula is C16H11BrCl2N2. The lowest BCUT2D eigenvalue weighted by molar-refractivity contribution is 0.628. The van der Waals surface area contributed by atoms with Crippen molar-refractivity contribution < 1.29 is 0 Å². The Labute approximate surface area is 141 Å². The molecule has 2 aromatic carbocycles. The van der Waals surface area contributed by atoms with Crippen LogP contribution in [-0.2, 0) is 12.8 Å². The lowest BCUT2D eigenvalue weighted by Gasteiger charge is -2.23. The molecular weight excluding hydrogens is 371 g/mol. The molecule has 0 fully saturated rings. The Kier molecular flexibility index (Phi) is 3.88. The summed E-state index contributed by atoms with van der Waals surface area (Å²) in [6.07, 6.45) is 1.30. The number of hydrogen-bond acceptors (Lipinski definition) is 2. The maximum atomic E-state index is 9.66. The van der Waals surface area contributed by atoms with Crippen LogP contribution in [0.5, 0.6) is 0 Å². The second-order valence-electron chi connectivity index (χ2n) is 5.21. The van der Waals surface area contributed by atoms with Gasteiger partial charge in [-0.2, -0.15) is 5.26 Å². The van der Waals surface area contributed by atoms with Crippen LogP contribution in [0.4, 0.5) is 5.69 Å². The van der Waals surface area contributed by atoms with Crippen molar-refractivity contribution in [1.29, 1.82) is 5.26 Å². The summed E-state index contributed by atoms with van der Waals surface area (Å²) >= 11 is 15.4. The molecule has 0 aromatic heterocycles. The van der Waals surface area contributed by atoms with E-state index in [0.717, 1.165) is 15.7 Å². The topological polar surface area (TPSA) is 35.8 Å². The molecule has 1 unspecified atom stereocenters. The summed E-state index contributed by atoms with van der Waals surface area (Å²) in [5.74, 6) is 0. The third-order valence-corrected chi connectivity index (χ3v) is 5.12. The highest BCUT2D eigenvalue weighted by atomic mass is 79.9. The first-order chi connectivity index (χ1) is 10.0. The van der Waals surface area contributed by atoms with Gasteiger partial charge in [0.1, 0.15) is 5.54 Å². The van der Waals surface area contributed by atoms with Crippen molar-refractivity contribution in [2.24, 2.45) is 0 Å². The molecule has 0 aliphatic heterocycles. The number of nitriles is 1. The number of nitrogens with one attached hydrogen (secondary N) is 1. The van der Waals surface area contributed by atoms with Gasteiger partial charge in [0.05, 0.1) is 11.1 Å². The average molecular weight is 382 g/mol. The quantitative estimate of drug-likeness (QED) is 0.773. The van der Waals surface area contributed by atoms with Crippen LogP contribution >= 0.6 is 39.1 Å². The van der Waals surface area contributed by atoms with Gasteiger partial charge in [-0.25, -0.2) is 0 Å². The van der Waals surface area contributed by atoms with E-state index < -0.39 is 5.54 Å². The minimum Gasteiger partial charge on any atom is -0.367 e. The number of benzene rings is 2. The zero-order valence-electron chi connectivity index (χ0n) is 11.0. The van der Waals surface area contributed by atoms with Gasteiger partial charge in [0.2, 0.25) is 0 Å². The highest BCUT2D eigenvalue weighted by Crippen LogP contribution is 2.35. The fourth-order valence-corrected chi connectivity index (χ4v) is 3.38. The van der Waals surface area contributed by atoms with E-state index in [1.54, 1.807) is 6.07 Å². The molecule has 0 saturated carbocycles. The number of hydrogen-bond donors (Lipinski definition) is 1. The number of halogens is 3. The van der Waals surface area contributed by atoms with Gasteiger partial charge in [-0.05, 0) is 57.4 Å². The van der Waals surface area contributed by atoms with Crippen LogP contribution in [0.1, 0.15) is 11.1 Å². The Hall–Kier alpha value is -1.21. The number of nitrogens with zero attached hydrogens (tertiary/aromatic N) is 1. The lowest BCUT2D eigenvalue weighted by Crippen LogP contribution is -2.37. The molecule has 2 nitrogen and oxygen atoms in total. The normalized spacial score (nSPS) is 19.9. The molecule has 1 atom stereocenters. The molecule has 0 radical (unpaired) electrons. The molecule has 3 rings (SSSR count). The SMILES string of the molecule is N#CC1(Nc2ccc(Cl)c(Br)c2)Cc2ccc(Cl)cc2C1. The largest absolute Gasteiger partial charge is 0.367 e. The second kappa shape index (κ2) is 5.53. The van der Waals surface area contributed by atoms with Gasteiger partial charge in [0.25, 0.3) is 0 Å². The molecule has 0 bridgehead atoms. The zero-order valence-corrected chi connectivity index (χ0v) is 14.1. The molecule has 106 valence electrons. The second-order valence-corrected chi connectivity index (χ2v) is 6.91. The summed E-state index contributed by atoms with van der Waals surface area (Å²) in [6.45, 7) is 0. The number of rotatable bonds is 2. The first-order valence-electron chi connectivity index (χ1n) is 6.43. The molecule has 2 aromatic rings. The molecule has 0 saturated heterocycles. The van der Waals surface area contributed by atoms with Gasteiger partial charge >= 0.3 is 0 Å². The smallest absolute Gasteiger partial charge is 0.133 e. The zero-order chi connectivity index (χ0) is 15.0. The van der Waals surface area contributed by atoms with Crippen molar-refractivity contribution in [3.05, 3.63) is 62.0 Å². The fraction of sp³-hybridized carbons (Fsp3) is 0.188. The van der Waals surface area contributed by atoms with Gasteiger partial charge in [-0.15, -0.1) is 0 Å². The van der Waals surface area contributed by atoms with E-state index in [4.69, 9.17) is 23.2 Å². The third kappa shape index (κ3) is 2.89. The Balaban J connectivity index is 1.90. The van der Waals surface area contributed by atoms with Gasteiger partial charge < -0.3 is 5.32 Å². The van der Waals surface area contributed by atoms with Crippen molar-refractivity contribution in [2.75, 3.05) is 5.32 Å². The van der Waals surface area contributed by atoms with Crippen molar-refractivity contribution in [3.8, 4) is 6.07 Å². The van der Waals surface area contributed by atoms with Gasteiger partial charge in [-0.1, -0.05) is 29.3 Å². The molecule has 21 heavy (non-hydrogen) atoms. The summed E-state index contributed by atoms with van der Waals surface area (Å²) in [5.41, 5.74) is 2.53. The Morgan fingerprint density at radius 3 is 2.57 bits per heavy atom. The highest BCUT2D eigenvalue weighted by Gasteiger charge is 2.37. The van der Waals surface area contributed by atoms with Crippen molar-refractivity contribution in [3.63, 3.8) is 0 Å². The van der Waals surface area contributed by atoms with Crippen molar-refractivity contribution in [1.82, 2.24) is 0 Å². The average Bonchev–Trinajstić information content (AvgIpc) is 2.81. The van der Waals surface area contributed by atoms with E-state index in [-0.39, 0.29) is 0 Å². The Morgan fingerprint density at radius 1 is 1.10 bits per heavy atom. The van der Waals surface area contributed by atoms with Crippen LogP contribution in [0, 0.1) is 11.3 Å². The summed E-state index contributed by atoms with van der Waals surface area (Å²) in [5, 5.41) is 14.4. The minimum absolute atomic E-state index is 0.639. The fourth-order valence-electron chi connectivity index (χ4n) is 2.69. The minimum atomic E-state index is -0.639. The van der Waals surface area contributed by atoms with E-state index in [1.165, 1.54) is 5.56 Å². The van der Waals surface area contributed by atoms with E-state index in [0.29, 0.717) is 22.9 Å². The molecule has 1 aliphatic rings. The van der Waals surface area contributed by atoms with E-state index >= 15 is 0 Å². The van der Waals surface area contributed by atoms with Crippen molar-refractivity contribution in [2.45, 2.75) is 18.4 Å². The van der Waals surface area contributed by atoms with Crippen molar-refractivity contribution >= 4 is 44.8 Å². The summed E-state index contributed by atoms with van der Waals surface area (Å²) in [4.78, 5) is 0. The summed E-state index contributed by atoms with van der Waals surface area (Å²) in [6, 6.07) is 13.8. The van der Waals surface area contributed by atoms with Crippen LogP contribution in [-0.4, -0.2) is 5.54 Å². The first kappa shape index (κ1) is 14.7. The lowest BCUT2D eigenvalue weighted by atomic mass is 9.97. The summed E-state index contributed by atoms with van der Waals surface area (Å²) < 4.78 is 0.806. The van der Waals surface area contributed by atoms with Crippen LogP contribution < -0.4 is 5.32 Å². The molecule has 5 heteroatoms. The van der Waals surface area contributed by atoms with Crippen LogP contribution in [0.25, 0.3) is 0 Å². The third-order valence-electron chi connectivity index (χ3n) is 3.67. The predicted molar refractivity (Wildman–Crippen MR) is 90.0 cm³/mol. The van der Waals surface area contributed by atoms with E-state index in [9.17, 15) is 5.26 Å². The van der Waals surface area contributed by atoms with Crippen LogP contribution in [0.3, 0.4) is 0 Å². The van der Waals surface area contributed by atoms with E-state index in [1.807, 2.05) is 30.3 Å².